The van der Waals surface area contributed by atoms with Crippen LogP contribution in [0.4, 0.5) is 11.4 Å². The van der Waals surface area contributed by atoms with Crippen LogP contribution >= 0.6 is 0 Å². The molecule has 0 radical (unpaired) electrons. The van der Waals surface area contributed by atoms with E-state index in [0.29, 0.717) is 5.69 Å². The number of rotatable bonds is 3. The zero-order chi connectivity index (χ0) is 16.2. The van der Waals surface area contributed by atoms with Crippen molar-refractivity contribution in [2.24, 2.45) is 5.92 Å². The predicted molar refractivity (Wildman–Crippen MR) is 94.0 cm³/mol. The average molecular weight is 309 g/mol. The molecule has 3 rings (SSSR count). The Morgan fingerprint density at radius 2 is 1.87 bits per heavy atom. The summed E-state index contributed by atoms with van der Waals surface area (Å²) in [6.07, 6.45) is 4.12. The van der Waals surface area contributed by atoms with Gasteiger partial charge in [0.1, 0.15) is 5.69 Å². The largest absolute Gasteiger partial charge is 0.371 e. The molecule has 4 nitrogen and oxygen atoms in total. The Labute approximate surface area is 137 Å². The van der Waals surface area contributed by atoms with Crippen LogP contribution in [0.1, 0.15) is 35.8 Å². The lowest BCUT2D eigenvalue weighted by molar-refractivity contribution is 0.102. The highest BCUT2D eigenvalue weighted by atomic mass is 16.1. The molecule has 0 unspecified atom stereocenters. The molecule has 23 heavy (non-hydrogen) atoms. The summed E-state index contributed by atoms with van der Waals surface area (Å²) in [6.45, 7) is 6.41. The van der Waals surface area contributed by atoms with Gasteiger partial charge in [-0.25, -0.2) is 0 Å². The van der Waals surface area contributed by atoms with E-state index < -0.39 is 0 Å². The first-order valence-corrected chi connectivity index (χ1v) is 8.21. The quantitative estimate of drug-likeness (QED) is 0.936. The molecule has 0 atom stereocenters. The third-order valence-corrected chi connectivity index (χ3v) is 4.43. The highest BCUT2D eigenvalue weighted by Crippen LogP contribution is 2.23. The molecule has 2 heterocycles. The van der Waals surface area contributed by atoms with Crippen molar-refractivity contribution in [3.63, 3.8) is 0 Å². The van der Waals surface area contributed by atoms with E-state index in [1.165, 1.54) is 18.4 Å². The van der Waals surface area contributed by atoms with E-state index in [4.69, 9.17) is 0 Å². The number of anilines is 2. The summed E-state index contributed by atoms with van der Waals surface area (Å²) in [5.74, 6) is 0.624. The Balaban J connectivity index is 1.71. The van der Waals surface area contributed by atoms with Crippen molar-refractivity contribution in [2.45, 2.75) is 26.7 Å². The van der Waals surface area contributed by atoms with E-state index >= 15 is 0 Å². The third-order valence-electron chi connectivity index (χ3n) is 4.43. The van der Waals surface area contributed by atoms with Gasteiger partial charge in [-0.15, -0.1) is 0 Å². The van der Waals surface area contributed by atoms with Crippen molar-refractivity contribution in [2.75, 3.05) is 23.3 Å². The Morgan fingerprint density at radius 1 is 1.17 bits per heavy atom. The fourth-order valence-electron chi connectivity index (χ4n) is 2.84. The zero-order valence-electron chi connectivity index (χ0n) is 13.7. The van der Waals surface area contributed by atoms with Gasteiger partial charge in [-0.2, -0.15) is 0 Å². The van der Waals surface area contributed by atoms with Crippen LogP contribution in [0.15, 0.2) is 42.6 Å². The lowest BCUT2D eigenvalue weighted by Crippen LogP contribution is -2.33. The topological polar surface area (TPSA) is 45.2 Å². The van der Waals surface area contributed by atoms with Crippen LogP contribution in [0.2, 0.25) is 0 Å². The molecular weight excluding hydrogens is 286 g/mol. The number of aryl methyl sites for hydroxylation is 1. The van der Waals surface area contributed by atoms with Crippen LogP contribution in [0.3, 0.4) is 0 Å². The van der Waals surface area contributed by atoms with E-state index in [2.05, 4.69) is 22.1 Å². The number of hydrogen-bond acceptors (Lipinski definition) is 3. The summed E-state index contributed by atoms with van der Waals surface area (Å²) in [6, 6.07) is 11.6. The summed E-state index contributed by atoms with van der Waals surface area (Å²) in [5, 5.41) is 2.90. The number of amides is 1. The minimum atomic E-state index is -0.166. The van der Waals surface area contributed by atoms with Crippen LogP contribution < -0.4 is 10.2 Å². The van der Waals surface area contributed by atoms with E-state index in [-0.39, 0.29) is 5.91 Å². The molecule has 1 aliphatic heterocycles. The Bertz CT molecular complexity index is 673. The molecule has 0 saturated carbocycles. The number of benzene rings is 1. The SMILES string of the molecule is Cc1ccc(NC(=O)c2cc(N3CCC(C)CC3)ccn2)cc1. The number of carbonyl (C=O) groups is 1. The average Bonchev–Trinajstić information content (AvgIpc) is 2.58. The van der Waals surface area contributed by atoms with Gasteiger partial charge in [0.15, 0.2) is 0 Å². The standard InChI is InChI=1S/C19H23N3O/c1-14-3-5-16(6-4-14)21-19(23)18-13-17(7-10-20-18)22-11-8-15(2)9-12-22/h3-7,10,13,15H,8-9,11-12H2,1-2H3,(H,21,23). The summed E-state index contributed by atoms with van der Waals surface area (Å²) >= 11 is 0. The first kappa shape index (κ1) is 15.5. The molecular formula is C19H23N3O. The number of piperidine rings is 1. The summed E-state index contributed by atoms with van der Waals surface area (Å²) in [4.78, 5) is 19.0. The fourth-order valence-corrected chi connectivity index (χ4v) is 2.84. The number of aromatic nitrogens is 1. The van der Waals surface area contributed by atoms with Crippen molar-refractivity contribution < 1.29 is 4.79 Å². The van der Waals surface area contributed by atoms with Gasteiger partial charge in [0.05, 0.1) is 0 Å². The fraction of sp³-hybridized carbons (Fsp3) is 0.368. The molecule has 1 aromatic carbocycles. The molecule has 1 aliphatic rings. The molecule has 0 bridgehead atoms. The van der Waals surface area contributed by atoms with Crippen molar-refractivity contribution in [1.82, 2.24) is 4.98 Å². The summed E-state index contributed by atoms with van der Waals surface area (Å²) < 4.78 is 0. The van der Waals surface area contributed by atoms with Gasteiger partial charge in [-0.05, 0) is 49.9 Å². The molecule has 0 spiro atoms. The van der Waals surface area contributed by atoms with Crippen LogP contribution in [-0.4, -0.2) is 24.0 Å². The lowest BCUT2D eigenvalue weighted by atomic mass is 9.99. The van der Waals surface area contributed by atoms with E-state index in [1.54, 1.807) is 6.20 Å². The second kappa shape index (κ2) is 6.82. The molecule has 4 heteroatoms. The van der Waals surface area contributed by atoms with Gasteiger partial charge in [0.25, 0.3) is 5.91 Å². The first-order chi connectivity index (χ1) is 11.1. The van der Waals surface area contributed by atoms with Crippen molar-refractivity contribution in [3.05, 3.63) is 53.9 Å². The molecule has 0 aliphatic carbocycles. The minimum Gasteiger partial charge on any atom is -0.371 e. The monoisotopic (exact) mass is 309 g/mol. The van der Waals surface area contributed by atoms with Gasteiger partial charge >= 0.3 is 0 Å². The maximum absolute atomic E-state index is 12.4. The van der Waals surface area contributed by atoms with Gasteiger partial charge in [0.2, 0.25) is 0 Å². The van der Waals surface area contributed by atoms with Crippen LogP contribution in [0.25, 0.3) is 0 Å². The van der Waals surface area contributed by atoms with Crippen LogP contribution in [0, 0.1) is 12.8 Å². The van der Waals surface area contributed by atoms with Crippen molar-refractivity contribution in [3.8, 4) is 0 Å². The molecule has 1 saturated heterocycles. The Morgan fingerprint density at radius 3 is 2.57 bits per heavy atom. The normalized spacial score (nSPS) is 15.5. The second-order valence-electron chi connectivity index (χ2n) is 6.39. The molecule has 1 N–H and O–H groups in total. The number of carbonyl (C=O) groups excluding carboxylic acids is 1. The molecule has 1 fully saturated rings. The predicted octanol–water partition coefficient (Wildman–Crippen LogP) is 3.88. The van der Waals surface area contributed by atoms with Gasteiger partial charge in [-0.3, -0.25) is 9.78 Å². The number of nitrogens with one attached hydrogen (secondary N) is 1. The maximum Gasteiger partial charge on any atom is 0.274 e. The van der Waals surface area contributed by atoms with E-state index in [0.717, 1.165) is 30.4 Å². The smallest absolute Gasteiger partial charge is 0.274 e. The van der Waals surface area contributed by atoms with Crippen molar-refractivity contribution in [1.29, 1.82) is 0 Å². The highest BCUT2D eigenvalue weighted by Gasteiger charge is 2.17. The van der Waals surface area contributed by atoms with Gasteiger partial charge in [0, 0.05) is 30.7 Å². The van der Waals surface area contributed by atoms with Gasteiger partial charge in [-0.1, -0.05) is 24.6 Å². The lowest BCUT2D eigenvalue weighted by Gasteiger charge is -2.32. The molecule has 2 aromatic rings. The van der Waals surface area contributed by atoms with E-state index in [9.17, 15) is 4.79 Å². The number of hydrogen-bond donors (Lipinski definition) is 1. The van der Waals surface area contributed by atoms with Crippen molar-refractivity contribution >= 4 is 17.3 Å². The molecule has 1 aromatic heterocycles. The first-order valence-electron chi connectivity index (χ1n) is 8.21. The summed E-state index contributed by atoms with van der Waals surface area (Å²) in [5.41, 5.74) is 3.50. The maximum atomic E-state index is 12.4. The molecule has 1 amide bonds. The Kier molecular flexibility index (Phi) is 4.60. The third kappa shape index (κ3) is 3.89. The van der Waals surface area contributed by atoms with Crippen LogP contribution in [0.5, 0.6) is 0 Å². The Hall–Kier alpha value is -2.36. The van der Waals surface area contributed by atoms with Gasteiger partial charge < -0.3 is 10.2 Å². The van der Waals surface area contributed by atoms with Crippen LogP contribution in [-0.2, 0) is 0 Å². The second-order valence-corrected chi connectivity index (χ2v) is 6.39. The number of nitrogens with zero attached hydrogens (tertiary/aromatic N) is 2. The minimum absolute atomic E-state index is 0.166. The highest BCUT2D eigenvalue weighted by molar-refractivity contribution is 6.03. The number of pyridine rings is 1. The summed E-state index contributed by atoms with van der Waals surface area (Å²) in [7, 11) is 0. The van der Waals surface area contributed by atoms with E-state index in [1.807, 2.05) is 43.3 Å². The molecule has 120 valence electrons. The zero-order valence-corrected chi connectivity index (χ0v) is 13.7.